The highest BCUT2D eigenvalue weighted by Gasteiger charge is 2.06. The molecule has 0 aliphatic heterocycles. The third kappa shape index (κ3) is 5.30. The number of carbonyl (C=O) groups excluding carboxylic acids is 1. The number of hydrogen-bond acceptors (Lipinski definition) is 3. The van der Waals surface area contributed by atoms with Gasteiger partial charge in [-0.1, -0.05) is 30.4 Å². The minimum Gasteiger partial charge on any atom is -0.481 e. The van der Waals surface area contributed by atoms with Gasteiger partial charge >= 0.3 is 5.97 Å². The van der Waals surface area contributed by atoms with Gasteiger partial charge in [0.05, 0.1) is 0 Å². The van der Waals surface area contributed by atoms with Crippen LogP contribution in [0.5, 0.6) is 0 Å². The molecule has 1 aromatic heterocycles. The van der Waals surface area contributed by atoms with Gasteiger partial charge in [-0.2, -0.15) is 11.3 Å². The van der Waals surface area contributed by atoms with Gasteiger partial charge in [-0.05, 0) is 52.4 Å². The van der Waals surface area contributed by atoms with Gasteiger partial charge in [-0.15, -0.1) is 0 Å². The van der Waals surface area contributed by atoms with Crippen LogP contribution in [0.25, 0.3) is 17.2 Å². The molecule has 0 aliphatic rings. The molecule has 114 valence electrons. The van der Waals surface area contributed by atoms with E-state index in [4.69, 9.17) is 5.11 Å². The third-order valence-corrected chi connectivity index (χ3v) is 3.91. The first-order valence-electron chi connectivity index (χ1n) is 7.18. The molecule has 0 bridgehead atoms. The van der Waals surface area contributed by atoms with E-state index in [9.17, 15) is 9.59 Å². The van der Waals surface area contributed by atoms with Crippen molar-refractivity contribution < 1.29 is 14.7 Å². The molecule has 0 saturated heterocycles. The molecule has 4 heteroatoms. The van der Waals surface area contributed by atoms with Crippen LogP contribution >= 0.6 is 11.3 Å². The summed E-state index contributed by atoms with van der Waals surface area (Å²) in [5.41, 5.74) is 3.54. The average molecular weight is 314 g/mol. The van der Waals surface area contributed by atoms with E-state index in [1.807, 2.05) is 24.3 Å². The van der Waals surface area contributed by atoms with E-state index in [1.165, 1.54) is 11.1 Å². The van der Waals surface area contributed by atoms with E-state index in [0.717, 1.165) is 12.0 Å². The van der Waals surface area contributed by atoms with Gasteiger partial charge in [0.15, 0.2) is 0 Å². The SMILES string of the molecule is O=C(O)CC(=O)CCC/C=C/c1cccc(-c2ccsc2)c1. The van der Waals surface area contributed by atoms with Gasteiger partial charge in [0, 0.05) is 6.42 Å². The first-order valence-corrected chi connectivity index (χ1v) is 8.12. The Kier molecular flexibility index (Phi) is 6.10. The van der Waals surface area contributed by atoms with Crippen LogP contribution < -0.4 is 0 Å². The predicted molar refractivity (Wildman–Crippen MR) is 89.9 cm³/mol. The molecule has 0 aliphatic carbocycles. The minimum absolute atomic E-state index is 0.208. The fourth-order valence-electron chi connectivity index (χ4n) is 2.14. The maximum absolute atomic E-state index is 11.3. The largest absolute Gasteiger partial charge is 0.481 e. The number of carbonyl (C=O) groups is 2. The standard InChI is InChI=1S/C18H18O3S/c19-17(12-18(20)21)8-3-1-2-5-14-6-4-7-15(11-14)16-9-10-22-13-16/h2,4-7,9-11,13H,1,3,8,12H2,(H,20,21)/b5-2+. The normalized spacial score (nSPS) is 10.9. The fourth-order valence-corrected chi connectivity index (χ4v) is 2.81. The molecule has 0 fully saturated rings. The lowest BCUT2D eigenvalue weighted by Crippen LogP contribution is -2.05. The van der Waals surface area contributed by atoms with Crippen LogP contribution in [0.3, 0.4) is 0 Å². The van der Waals surface area contributed by atoms with E-state index in [1.54, 1.807) is 11.3 Å². The second-order valence-electron chi connectivity index (χ2n) is 5.04. The zero-order valence-corrected chi connectivity index (χ0v) is 13.0. The molecule has 0 radical (unpaired) electrons. The lowest BCUT2D eigenvalue weighted by Gasteiger charge is -2.00. The molecule has 2 rings (SSSR count). The molecule has 0 saturated carbocycles. The Bertz CT molecular complexity index is 657. The van der Waals surface area contributed by atoms with Gasteiger partial charge in [0.25, 0.3) is 0 Å². The number of ketones is 1. The second kappa shape index (κ2) is 8.29. The number of Topliss-reactive ketones (excluding diaryl/α,β-unsaturated/α-hetero) is 1. The average Bonchev–Trinajstić information content (AvgIpc) is 3.00. The quantitative estimate of drug-likeness (QED) is 0.570. The Morgan fingerprint density at radius 2 is 2.05 bits per heavy atom. The molecular weight excluding hydrogens is 296 g/mol. The molecule has 1 N–H and O–H groups in total. The Morgan fingerprint density at radius 3 is 2.77 bits per heavy atom. The van der Waals surface area contributed by atoms with Crippen LogP contribution in [0.2, 0.25) is 0 Å². The van der Waals surface area contributed by atoms with Crippen LogP contribution in [0.1, 0.15) is 31.2 Å². The Labute approximate surface area is 133 Å². The summed E-state index contributed by atoms with van der Waals surface area (Å²) in [6.07, 6.45) is 5.48. The summed E-state index contributed by atoms with van der Waals surface area (Å²) < 4.78 is 0. The molecular formula is C18H18O3S. The van der Waals surface area contributed by atoms with Crippen molar-refractivity contribution in [1.29, 1.82) is 0 Å². The molecule has 0 amide bonds. The van der Waals surface area contributed by atoms with Crippen molar-refractivity contribution >= 4 is 29.2 Å². The number of allylic oxidation sites excluding steroid dienone is 1. The number of carboxylic acids is 1. The summed E-state index contributed by atoms with van der Waals surface area (Å²) in [5, 5.41) is 12.7. The fraction of sp³-hybridized carbons (Fsp3) is 0.222. The number of rotatable bonds is 8. The zero-order chi connectivity index (χ0) is 15.8. The molecule has 2 aromatic rings. The highest BCUT2D eigenvalue weighted by Crippen LogP contribution is 2.23. The van der Waals surface area contributed by atoms with E-state index >= 15 is 0 Å². The molecule has 1 heterocycles. The molecule has 0 atom stereocenters. The van der Waals surface area contributed by atoms with Gasteiger partial charge in [-0.25, -0.2) is 0 Å². The summed E-state index contributed by atoms with van der Waals surface area (Å²) in [7, 11) is 0. The summed E-state index contributed by atoms with van der Waals surface area (Å²) in [6.45, 7) is 0. The highest BCUT2D eigenvalue weighted by atomic mass is 32.1. The second-order valence-corrected chi connectivity index (χ2v) is 5.82. The van der Waals surface area contributed by atoms with Crippen LogP contribution in [0, 0.1) is 0 Å². The van der Waals surface area contributed by atoms with Crippen molar-refractivity contribution in [3.8, 4) is 11.1 Å². The summed E-state index contributed by atoms with van der Waals surface area (Å²) in [6, 6.07) is 10.4. The van der Waals surface area contributed by atoms with Gasteiger partial charge in [0.1, 0.15) is 12.2 Å². The maximum Gasteiger partial charge on any atom is 0.310 e. The van der Waals surface area contributed by atoms with E-state index in [2.05, 4.69) is 29.0 Å². The van der Waals surface area contributed by atoms with Gasteiger partial charge < -0.3 is 5.11 Å². The van der Waals surface area contributed by atoms with Crippen LogP contribution in [0.4, 0.5) is 0 Å². The summed E-state index contributed by atoms with van der Waals surface area (Å²) in [4.78, 5) is 21.6. The molecule has 3 nitrogen and oxygen atoms in total. The molecule has 1 aromatic carbocycles. The Hall–Kier alpha value is -2.20. The van der Waals surface area contributed by atoms with Crippen LogP contribution in [-0.2, 0) is 9.59 Å². The smallest absolute Gasteiger partial charge is 0.310 e. The monoisotopic (exact) mass is 314 g/mol. The number of carboxylic acid groups (broad SMARTS) is 1. The molecule has 0 spiro atoms. The van der Waals surface area contributed by atoms with Crippen molar-refractivity contribution in [3.63, 3.8) is 0 Å². The lowest BCUT2D eigenvalue weighted by atomic mass is 10.0. The number of thiophene rings is 1. The van der Waals surface area contributed by atoms with Crippen molar-refractivity contribution in [2.75, 3.05) is 0 Å². The maximum atomic E-state index is 11.3. The first-order chi connectivity index (χ1) is 10.6. The van der Waals surface area contributed by atoms with Gasteiger partial charge in [-0.3, -0.25) is 9.59 Å². The first kappa shape index (κ1) is 16.2. The highest BCUT2D eigenvalue weighted by molar-refractivity contribution is 7.08. The Morgan fingerprint density at radius 1 is 1.18 bits per heavy atom. The van der Waals surface area contributed by atoms with Crippen molar-refractivity contribution in [2.24, 2.45) is 0 Å². The predicted octanol–water partition coefficient (Wildman–Crippen LogP) is 4.64. The van der Waals surface area contributed by atoms with Gasteiger partial charge in [0.2, 0.25) is 0 Å². The minimum atomic E-state index is -1.05. The van der Waals surface area contributed by atoms with E-state index in [0.29, 0.717) is 12.8 Å². The molecule has 0 unspecified atom stereocenters. The van der Waals surface area contributed by atoms with E-state index < -0.39 is 5.97 Å². The molecule has 22 heavy (non-hydrogen) atoms. The number of hydrogen-bond donors (Lipinski definition) is 1. The summed E-state index contributed by atoms with van der Waals surface area (Å²) >= 11 is 1.68. The lowest BCUT2D eigenvalue weighted by molar-refractivity contribution is -0.140. The van der Waals surface area contributed by atoms with E-state index in [-0.39, 0.29) is 12.2 Å². The summed E-state index contributed by atoms with van der Waals surface area (Å²) in [5.74, 6) is -1.26. The third-order valence-electron chi connectivity index (χ3n) is 3.23. The van der Waals surface area contributed by atoms with Crippen LogP contribution in [0.15, 0.2) is 47.2 Å². The van der Waals surface area contributed by atoms with Crippen molar-refractivity contribution in [3.05, 3.63) is 52.7 Å². The zero-order valence-electron chi connectivity index (χ0n) is 12.2. The number of aliphatic carboxylic acids is 1. The van der Waals surface area contributed by atoms with Crippen molar-refractivity contribution in [2.45, 2.75) is 25.7 Å². The van der Waals surface area contributed by atoms with Crippen LogP contribution in [-0.4, -0.2) is 16.9 Å². The number of unbranched alkanes of at least 4 members (excludes halogenated alkanes) is 1. The topological polar surface area (TPSA) is 54.4 Å². The Balaban J connectivity index is 1.82. The van der Waals surface area contributed by atoms with Crippen molar-refractivity contribution in [1.82, 2.24) is 0 Å². The number of benzene rings is 1.